The quantitative estimate of drug-likeness (QED) is 0.552. The van der Waals surface area contributed by atoms with E-state index in [1.54, 1.807) is 0 Å². The van der Waals surface area contributed by atoms with E-state index in [1.165, 1.54) is 0 Å². The maximum absolute atomic E-state index is 13.4. The first-order chi connectivity index (χ1) is 14.0. The van der Waals surface area contributed by atoms with E-state index in [4.69, 9.17) is 4.74 Å². The summed E-state index contributed by atoms with van der Waals surface area (Å²) in [5.74, 6) is 0.751. The topological polar surface area (TPSA) is 43.4 Å². The molecule has 29 heavy (non-hydrogen) atoms. The van der Waals surface area contributed by atoms with Crippen LogP contribution >= 0.6 is 0 Å². The van der Waals surface area contributed by atoms with Gasteiger partial charge < -0.3 is 4.74 Å². The molecule has 1 unspecified atom stereocenters. The molecule has 3 nitrogen and oxygen atoms in total. The molecule has 2 aromatic rings. The molecule has 0 aliphatic heterocycles. The minimum atomic E-state index is -0.601. The van der Waals surface area contributed by atoms with E-state index in [0.29, 0.717) is 6.61 Å². The number of rotatable bonds is 4. The molecule has 4 aliphatic rings. The van der Waals surface area contributed by atoms with Crippen molar-refractivity contribution in [3.63, 3.8) is 0 Å². The second-order valence-corrected chi connectivity index (χ2v) is 8.82. The Morgan fingerprint density at radius 1 is 0.862 bits per heavy atom. The highest BCUT2D eigenvalue weighted by atomic mass is 16.5. The molecule has 2 saturated carbocycles. The van der Waals surface area contributed by atoms with Crippen molar-refractivity contribution in [2.24, 2.45) is 23.7 Å². The first-order valence-corrected chi connectivity index (χ1v) is 10.6. The Balaban J connectivity index is 1.43. The number of carbonyl (C=O) groups is 2. The lowest BCUT2D eigenvalue weighted by Crippen LogP contribution is -2.38. The highest BCUT2D eigenvalue weighted by Crippen LogP contribution is 2.53. The SMILES string of the molecule is Cc1cc(OCc2ccccc2)cc(C)c1C1C(=O)[C@@H]2[C@H](C1=O)[C@H]1C=C[C@@H]2CC1. The molecular formula is C26H26O3. The molecule has 2 aromatic carbocycles. The second-order valence-electron chi connectivity index (χ2n) is 8.82. The standard InChI is InChI=1S/C26H26O3/c1-15-12-20(29-14-17-6-4-3-5-7-17)13-16(2)21(15)24-25(27)22-18-8-9-19(11-10-18)23(22)26(24)28/h3-9,12-13,18-19,22-24H,10-11,14H2,1-2H3/t18-,19+,22+,23-,24?. The van der Waals surface area contributed by atoms with Gasteiger partial charge in [-0.25, -0.2) is 0 Å². The molecule has 0 spiro atoms. The maximum atomic E-state index is 13.4. The predicted molar refractivity (Wildman–Crippen MR) is 112 cm³/mol. The number of allylic oxidation sites excluding steroid dienone is 2. The van der Waals surface area contributed by atoms with Crippen LogP contribution in [0.2, 0.25) is 0 Å². The van der Waals surface area contributed by atoms with Gasteiger partial charge in [-0.05, 0) is 72.9 Å². The van der Waals surface area contributed by atoms with Gasteiger partial charge in [0.1, 0.15) is 18.3 Å². The highest BCUT2D eigenvalue weighted by Gasteiger charge is 2.57. The molecule has 0 saturated heterocycles. The Labute approximate surface area is 171 Å². The lowest BCUT2D eigenvalue weighted by Gasteiger charge is -2.39. The zero-order valence-corrected chi connectivity index (χ0v) is 16.9. The monoisotopic (exact) mass is 386 g/mol. The van der Waals surface area contributed by atoms with E-state index < -0.39 is 5.92 Å². The summed E-state index contributed by atoms with van der Waals surface area (Å²) >= 11 is 0. The summed E-state index contributed by atoms with van der Waals surface area (Å²) in [5, 5.41) is 0. The Hall–Kier alpha value is -2.68. The van der Waals surface area contributed by atoms with E-state index in [0.717, 1.165) is 40.8 Å². The van der Waals surface area contributed by atoms with Gasteiger partial charge in [0.05, 0.1) is 0 Å². The van der Waals surface area contributed by atoms with Crippen molar-refractivity contribution in [1.82, 2.24) is 0 Å². The van der Waals surface area contributed by atoms with Crippen molar-refractivity contribution in [2.45, 2.75) is 39.2 Å². The number of ether oxygens (including phenoxy) is 1. The first-order valence-electron chi connectivity index (χ1n) is 10.6. The van der Waals surface area contributed by atoms with Gasteiger partial charge >= 0.3 is 0 Å². The van der Waals surface area contributed by atoms with Crippen molar-refractivity contribution < 1.29 is 14.3 Å². The van der Waals surface area contributed by atoms with E-state index in [1.807, 2.05) is 56.3 Å². The molecular weight excluding hydrogens is 360 g/mol. The molecule has 5 atom stereocenters. The van der Waals surface area contributed by atoms with Gasteiger partial charge in [-0.2, -0.15) is 0 Å². The lowest BCUT2D eigenvalue weighted by molar-refractivity contribution is -0.125. The molecule has 0 heterocycles. The van der Waals surface area contributed by atoms with Gasteiger partial charge in [-0.3, -0.25) is 9.59 Å². The van der Waals surface area contributed by atoms with Crippen LogP contribution in [-0.2, 0) is 16.2 Å². The minimum Gasteiger partial charge on any atom is -0.489 e. The van der Waals surface area contributed by atoms with Gasteiger partial charge in [-0.15, -0.1) is 0 Å². The minimum absolute atomic E-state index is 0.107. The van der Waals surface area contributed by atoms with Crippen LogP contribution in [0.1, 0.15) is 41.0 Å². The molecule has 0 radical (unpaired) electrons. The molecule has 0 amide bonds. The zero-order chi connectivity index (χ0) is 20.1. The molecule has 6 rings (SSSR count). The van der Waals surface area contributed by atoms with Gasteiger partial charge in [0.2, 0.25) is 0 Å². The largest absolute Gasteiger partial charge is 0.489 e. The van der Waals surface area contributed by atoms with Gasteiger partial charge in [0, 0.05) is 11.8 Å². The summed E-state index contributed by atoms with van der Waals surface area (Å²) in [6.45, 7) is 4.49. The predicted octanol–water partition coefficient (Wildman–Crippen LogP) is 4.95. The van der Waals surface area contributed by atoms with Crippen molar-refractivity contribution in [1.29, 1.82) is 0 Å². The van der Waals surface area contributed by atoms with E-state index in [9.17, 15) is 9.59 Å². The summed E-state index contributed by atoms with van der Waals surface area (Å²) in [7, 11) is 0. The summed E-state index contributed by atoms with van der Waals surface area (Å²) in [4.78, 5) is 26.7. The van der Waals surface area contributed by atoms with Crippen molar-refractivity contribution in [2.75, 3.05) is 0 Å². The lowest BCUT2D eigenvalue weighted by atomic mass is 9.63. The molecule has 0 N–H and O–H groups in total. The average Bonchev–Trinajstić information content (AvgIpc) is 3.01. The van der Waals surface area contributed by atoms with E-state index in [-0.39, 0.29) is 35.2 Å². The third kappa shape index (κ3) is 2.95. The van der Waals surface area contributed by atoms with Crippen molar-refractivity contribution in [3.8, 4) is 5.75 Å². The molecule has 148 valence electrons. The van der Waals surface area contributed by atoms with Crippen LogP contribution in [0.25, 0.3) is 0 Å². The first kappa shape index (κ1) is 18.4. The Kier molecular flexibility index (Phi) is 4.42. The molecule has 2 bridgehead atoms. The van der Waals surface area contributed by atoms with Crippen LogP contribution in [0.4, 0.5) is 0 Å². The second kappa shape index (κ2) is 6.98. The van der Waals surface area contributed by atoms with Crippen LogP contribution < -0.4 is 4.74 Å². The van der Waals surface area contributed by atoms with Crippen molar-refractivity contribution >= 4 is 11.6 Å². The fraction of sp³-hybridized carbons (Fsp3) is 0.385. The summed E-state index contributed by atoms with van der Waals surface area (Å²) in [6.07, 6.45) is 6.45. The van der Waals surface area contributed by atoms with Crippen LogP contribution in [0, 0.1) is 37.5 Å². The third-order valence-electron chi connectivity index (χ3n) is 7.08. The van der Waals surface area contributed by atoms with E-state index in [2.05, 4.69) is 12.2 Å². The fourth-order valence-corrected chi connectivity index (χ4v) is 5.79. The number of hydrogen-bond donors (Lipinski definition) is 0. The number of aryl methyl sites for hydroxylation is 2. The van der Waals surface area contributed by atoms with Crippen molar-refractivity contribution in [3.05, 3.63) is 76.9 Å². The summed E-state index contributed by atoms with van der Waals surface area (Å²) in [5.41, 5.74) is 3.96. The number of fused-ring (bicyclic) bond motifs is 1. The number of benzene rings is 2. The number of Topliss-reactive ketones (excluding diaryl/α,β-unsaturated/α-hetero) is 2. The number of hydrogen-bond acceptors (Lipinski definition) is 3. The van der Waals surface area contributed by atoms with Crippen LogP contribution in [0.5, 0.6) is 5.75 Å². The number of ketones is 2. The summed E-state index contributed by atoms with van der Waals surface area (Å²) in [6, 6.07) is 14.0. The maximum Gasteiger partial charge on any atom is 0.152 e. The van der Waals surface area contributed by atoms with Gasteiger partial charge in [0.25, 0.3) is 0 Å². The molecule has 0 aromatic heterocycles. The van der Waals surface area contributed by atoms with E-state index >= 15 is 0 Å². The Morgan fingerprint density at radius 3 is 1.93 bits per heavy atom. The average molecular weight is 386 g/mol. The van der Waals surface area contributed by atoms with Crippen LogP contribution in [0.15, 0.2) is 54.6 Å². The summed E-state index contributed by atoms with van der Waals surface area (Å²) < 4.78 is 5.98. The smallest absolute Gasteiger partial charge is 0.152 e. The molecule has 3 heteroatoms. The van der Waals surface area contributed by atoms with Gasteiger partial charge in [0.15, 0.2) is 11.6 Å². The molecule has 2 fully saturated rings. The zero-order valence-electron chi connectivity index (χ0n) is 16.9. The number of carbonyl (C=O) groups excluding carboxylic acids is 2. The van der Waals surface area contributed by atoms with Crippen LogP contribution in [0.3, 0.4) is 0 Å². The Bertz CT molecular complexity index is 949. The van der Waals surface area contributed by atoms with Crippen LogP contribution in [-0.4, -0.2) is 11.6 Å². The highest BCUT2D eigenvalue weighted by molar-refractivity contribution is 6.16. The van der Waals surface area contributed by atoms with Gasteiger partial charge in [-0.1, -0.05) is 42.5 Å². The Morgan fingerprint density at radius 2 is 1.41 bits per heavy atom. The normalized spacial score (nSPS) is 29.9. The third-order valence-corrected chi connectivity index (χ3v) is 7.08. The molecule has 4 aliphatic carbocycles. The fourth-order valence-electron chi connectivity index (χ4n) is 5.79.